The van der Waals surface area contributed by atoms with Crippen molar-refractivity contribution in [1.29, 1.82) is 0 Å². The zero-order valence-corrected chi connectivity index (χ0v) is 14.9. The average molecular weight is 339 g/mol. The van der Waals surface area contributed by atoms with E-state index in [1.54, 1.807) is 20.8 Å². The normalized spacial score (nSPS) is 23.4. The minimum absolute atomic E-state index is 0.107. The smallest absolute Gasteiger partial charge is 0.408 e. The molecule has 2 fully saturated rings. The van der Waals surface area contributed by atoms with Gasteiger partial charge in [0.15, 0.2) is 0 Å². The predicted molar refractivity (Wildman–Crippen MR) is 88.7 cm³/mol. The lowest BCUT2D eigenvalue weighted by molar-refractivity contribution is -0.160. The van der Waals surface area contributed by atoms with E-state index in [2.05, 4.69) is 5.32 Å². The summed E-state index contributed by atoms with van der Waals surface area (Å²) in [5, 5.41) is 13.0. The van der Waals surface area contributed by atoms with E-state index in [-0.39, 0.29) is 31.5 Å². The third-order valence-corrected chi connectivity index (χ3v) is 5.43. The third kappa shape index (κ3) is 3.73. The van der Waals surface area contributed by atoms with Gasteiger partial charge in [-0.15, -0.1) is 0 Å². The number of carboxylic acid groups (broad SMARTS) is 1. The lowest BCUT2D eigenvalue weighted by atomic mass is 9.56. The van der Waals surface area contributed by atoms with Gasteiger partial charge in [-0.3, -0.25) is 9.59 Å². The highest BCUT2D eigenvalue weighted by molar-refractivity contribution is 5.85. The number of alkyl carbamates (subject to hydrolysis) is 1. The third-order valence-electron chi connectivity index (χ3n) is 5.43. The van der Waals surface area contributed by atoms with Gasteiger partial charge in [0.05, 0.1) is 11.0 Å². The second-order valence-corrected chi connectivity index (χ2v) is 8.20. The van der Waals surface area contributed by atoms with Crippen molar-refractivity contribution in [1.82, 2.24) is 5.32 Å². The first-order valence-electron chi connectivity index (χ1n) is 8.87. The zero-order valence-electron chi connectivity index (χ0n) is 14.9. The van der Waals surface area contributed by atoms with Crippen LogP contribution >= 0.6 is 0 Å². The van der Waals surface area contributed by atoms with Crippen LogP contribution in [0.1, 0.15) is 78.6 Å². The summed E-state index contributed by atoms with van der Waals surface area (Å²) in [5.74, 6) is -0.803. The van der Waals surface area contributed by atoms with Crippen molar-refractivity contribution in [2.45, 2.75) is 89.7 Å². The van der Waals surface area contributed by atoms with Crippen molar-refractivity contribution in [2.24, 2.45) is 5.41 Å². The van der Waals surface area contributed by atoms with Crippen LogP contribution in [0.25, 0.3) is 0 Å². The highest BCUT2D eigenvalue weighted by Gasteiger charge is 2.58. The van der Waals surface area contributed by atoms with Gasteiger partial charge in [0.2, 0.25) is 0 Å². The van der Waals surface area contributed by atoms with E-state index in [1.807, 2.05) is 0 Å². The maximum Gasteiger partial charge on any atom is 0.408 e. The zero-order chi connectivity index (χ0) is 18.0. The van der Waals surface area contributed by atoms with E-state index in [9.17, 15) is 19.5 Å². The Kier molecular flexibility index (Phi) is 5.25. The number of aliphatic carboxylic acids is 1. The van der Waals surface area contributed by atoms with Crippen molar-refractivity contribution < 1.29 is 24.2 Å². The van der Waals surface area contributed by atoms with Gasteiger partial charge in [-0.2, -0.15) is 0 Å². The molecule has 0 aliphatic heterocycles. The number of ether oxygens (including phenoxy) is 1. The van der Waals surface area contributed by atoms with Gasteiger partial charge in [0.1, 0.15) is 11.4 Å². The molecule has 0 radical (unpaired) electrons. The molecule has 2 N–H and O–H groups in total. The monoisotopic (exact) mass is 339 g/mol. The lowest BCUT2D eigenvalue weighted by Gasteiger charge is -2.51. The summed E-state index contributed by atoms with van der Waals surface area (Å²) in [6.07, 6.45) is 4.56. The molecule has 0 aromatic heterocycles. The second-order valence-electron chi connectivity index (χ2n) is 8.20. The van der Waals surface area contributed by atoms with Gasteiger partial charge in [-0.1, -0.05) is 19.3 Å². The molecule has 0 saturated heterocycles. The number of hydrogen-bond donors (Lipinski definition) is 2. The number of carbonyl (C=O) groups is 3. The molecule has 1 amide bonds. The minimum Gasteiger partial charge on any atom is -0.481 e. The maximum absolute atomic E-state index is 12.4. The fourth-order valence-electron chi connectivity index (χ4n) is 4.23. The molecule has 0 heterocycles. The van der Waals surface area contributed by atoms with Crippen molar-refractivity contribution >= 4 is 17.8 Å². The number of nitrogens with one attached hydrogen (secondary N) is 1. The van der Waals surface area contributed by atoms with Crippen LogP contribution in [0.3, 0.4) is 0 Å². The fourth-order valence-corrected chi connectivity index (χ4v) is 4.23. The van der Waals surface area contributed by atoms with Gasteiger partial charge < -0.3 is 15.2 Å². The Labute approximate surface area is 143 Å². The average Bonchev–Trinajstić information content (AvgIpc) is 2.46. The molecule has 0 bridgehead atoms. The Balaban J connectivity index is 2.32. The van der Waals surface area contributed by atoms with Crippen LogP contribution in [-0.4, -0.2) is 34.1 Å². The quantitative estimate of drug-likeness (QED) is 0.822. The summed E-state index contributed by atoms with van der Waals surface area (Å²) < 4.78 is 5.39. The lowest BCUT2D eigenvalue weighted by Crippen LogP contribution is -2.65. The van der Waals surface area contributed by atoms with E-state index in [0.29, 0.717) is 12.8 Å². The highest BCUT2D eigenvalue weighted by atomic mass is 16.6. The number of carbonyl (C=O) groups excluding carboxylic acids is 2. The molecule has 2 aliphatic rings. The first-order valence-corrected chi connectivity index (χ1v) is 8.87. The highest BCUT2D eigenvalue weighted by Crippen LogP contribution is 2.50. The summed E-state index contributed by atoms with van der Waals surface area (Å²) in [6.45, 7) is 5.35. The molecule has 2 saturated carbocycles. The Hall–Kier alpha value is -1.59. The Morgan fingerprint density at radius 1 is 1.04 bits per heavy atom. The molecule has 2 aliphatic carbocycles. The Morgan fingerprint density at radius 3 is 2.04 bits per heavy atom. The van der Waals surface area contributed by atoms with Crippen molar-refractivity contribution in [3.8, 4) is 0 Å². The molecule has 6 nitrogen and oxygen atoms in total. The standard InChI is InChI=1S/C18H29NO5/c1-16(2,3)24-15(23)19-18(9-5-4-6-10-18)17(14(21)22)11-7-13(20)8-12-17/h4-12H2,1-3H3,(H,19,23)(H,21,22). The molecule has 24 heavy (non-hydrogen) atoms. The molecule has 136 valence electrons. The number of carboxylic acids is 1. The van der Waals surface area contributed by atoms with Gasteiger partial charge in [0.25, 0.3) is 0 Å². The molecule has 0 aromatic carbocycles. The van der Waals surface area contributed by atoms with Crippen molar-refractivity contribution in [2.75, 3.05) is 0 Å². The van der Waals surface area contributed by atoms with E-state index < -0.39 is 28.6 Å². The summed E-state index contributed by atoms with van der Waals surface area (Å²) in [5.41, 5.74) is -2.56. The van der Waals surface area contributed by atoms with E-state index in [1.165, 1.54) is 0 Å². The molecule has 0 spiro atoms. The van der Waals surface area contributed by atoms with Crippen LogP contribution < -0.4 is 5.32 Å². The minimum atomic E-state index is -1.09. The second kappa shape index (κ2) is 6.73. The van der Waals surface area contributed by atoms with E-state index >= 15 is 0 Å². The fraction of sp³-hybridized carbons (Fsp3) is 0.833. The van der Waals surface area contributed by atoms with Gasteiger partial charge in [-0.05, 0) is 46.5 Å². The van der Waals surface area contributed by atoms with E-state index in [0.717, 1.165) is 19.3 Å². The summed E-state index contributed by atoms with van der Waals surface area (Å²) in [4.78, 5) is 36.3. The van der Waals surface area contributed by atoms with Crippen molar-refractivity contribution in [3.05, 3.63) is 0 Å². The molecular formula is C18H29NO5. The SMILES string of the molecule is CC(C)(C)OC(=O)NC1(C2(C(=O)O)CCC(=O)CC2)CCCCC1. The van der Waals surface area contributed by atoms with Crippen LogP contribution in [-0.2, 0) is 14.3 Å². The molecule has 0 atom stereocenters. The Bertz CT molecular complexity index is 504. The molecule has 6 heteroatoms. The van der Waals surface area contributed by atoms with Gasteiger partial charge in [-0.25, -0.2) is 4.79 Å². The predicted octanol–water partition coefficient (Wildman–Crippen LogP) is 3.43. The topological polar surface area (TPSA) is 92.7 Å². The molecule has 0 unspecified atom stereocenters. The van der Waals surface area contributed by atoms with Crippen molar-refractivity contribution in [3.63, 3.8) is 0 Å². The molecule has 0 aromatic rings. The molecular weight excluding hydrogens is 310 g/mol. The van der Waals surface area contributed by atoms with Gasteiger partial charge >= 0.3 is 12.1 Å². The summed E-state index contributed by atoms with van der Waals surface area (Å²) >= 11 is 0. The Morgan fingerprint density at radius 2 is 1.58 bits per heavy atom. The largest absolute Gasteiger partial charge is 0.481 e. The van der Waals surface area contributed by atoms with Gasteiger partial charge in [0, 0.05) is 12.8 Å². The van der Waals surface area contributed by atoms with Crippen LogP contribution in [0.15, 0.2) is 0 Å². The van der Waals surface area contributed by atoms with Crippen LogP contribution in [0.4, 0.5) is 4.79 Å². The number of hydrogen-bond acceptors (Lipinski definition) is 4. The molecule has 2 rings (SSSR count). The number of Topliss-reactive ketones (excluding diaryl/α,β-unsaturated/α-hetero) is 1. The van der Waals surface area contributed by atoms with E-state index in [4.69, 9.17) is 4.74 Å². The summed E-state index contributed by atoms with van der Waals surface area (Å²) in [7, 11) is 0. The van der Waals surface area contributed by atoms with Crippen LogP contribution in [0.5, 0.6) is 0 Å². The van der Waals surface area contributed by atoms with Crippen LogP contribution in [0, 0.1) is 5.41 Å². The summed E-state index contributed by atoms with van der Waals surface area (Å²) in [6, 6.07) is 0. The first-order chi connectivity index (χ1) is 11.1. The number of ketones is 1. The number of amides is 1. The van der Waals surface area contributed by atoms with Crippen LogP contribution in [0.2, 0.25) is 0 Å². The maximum atomic E-state index is 12.4. The first kappa shape index (κ1) is 18.7. The number of rotatable bonds is 3.